The van der Waals surface area contributed by atoms with Crippen LogP contribution >= 0.6 is 11.6 Å². The molecule has 0 bridgehead atoms. The Kier molecular flexibility index (Phi) is 7.46. The number of rotatable bonds is 7. The van der Waals surface area contributed by atoms with Gasteiger partial charge in [-0.3, -0.25) is 4.90 Å². The van der Waals surface area contributed by atoms with Crippen molar-refractivity contribution in [1.29, 1.82) is 0 Å². The van der Waals surface area contributed by atoms with E-state index in [0.717, 1.165) is 86.7 Å². The third-order valence-corrected chi connectivity index (χ3v) is 7.13. The third kappa shape index (κ3) is 6.28. The molecule has 4 heterocycles. The van der Waals surface area contributed by atoms with Crippen molar-refractivity contribution in [1.82, 2.24) is 25.0 Å². The number of hydrogen-bond acceptors (Lipinski definition) is 9. The Morgan fingerprint density at radius 1 is 1.11 bits per heavy atom. The lowest BCUT2D eigenvalue weighted by atomic mass is 9.89. The van der Waals surface area contributed by atoms with Crippen LogP contribution in [-0.2, 0) is 6.54 Å². The molecule has 10 heteroatoms. The minimum Gasteiger partial charge on any atom is -0.393 e. The monoisotopic (exact) mass is 497 g/mol. The Morgan fingerprint density at radius 3 is 2.63 bits per heavy atom. The molecule has 0 unspecified atom stereocenters. The van der Waals surface area contributed by atoms with E-state index in [2.05, 4.69) is 30.7 Å². The SMILES string of the molecule is Cc1cc(CN2CCC(c3cnc(Nc4ccnc(Cl)c4)nc3N[C@H]3CC[C@H](O)CC3)CC2)no1. The summed E-state index contributed by atoms with van der Waals surface area (Å²) in [4.78, 5) is 16.0. The summed E-state index contributed by atoms with van der Waals surface area (Å²) in [6.45, 7) is 4.71. The van der Waals surface area contributed by atoms with E-state index in [4.69, 9.17) is 21.1 Å². The lowest BCUT2D eigenvalue weighted by molar-refractivity contribution is 0.126. The predicted molar refractivity (Wildman–Crippen MR) is 135 cm³/mol. The van der Waals surface area contributed by atoms with Crippen LogP contribution in [0, 0.1) is 6.92 Å². The molecule has 1 saturated heterocycles. The van der Waals surface area contributed by atoms with Crippen LogP contribution in [-0.4, -0.2) is 55.4 Å². The molecule has 0 atom stereocenters. The summed E-state index contributed by atoms with van der Waals surface area (Å²) < 4.78 is 5.22. The summed E-state index contributed by atoms with van der Waals surface area (Å²) in [6, 6.07) is 5.89. The molecule has 0 radical (unpaired) electrons. The molecule has 9 nitrogen and oxygen atoms in total. The number of likely N-dealkylation sites (tertiary alicyclic amines) is 1. The van der Waals surface area contributed by atoms with Gasteiger partial charge in [0.25, 0.3) is 0 Å². The maximum absolute atomic E-state index is 9.92. The molecular weight excluding hydrogens is 466 g/mol. The van der Waals surface area contributed by atoms with Gasteiger partial charge in [-0.15, -0.1) is 0 Å². The highest BCUT2D eigenvalue weighted by Gasteiger charge is 2.27. The number of hydrogen-bond donors (Lipinski definition) is 3. The lowest BCUT2D eigenvalue weighted by Crippen LogP contribution is -2.33. The number of nitrogens with zero attached hydrogens (tertiary/aromatic N) is 5. The van der Waals surface area contributed by atoms with E-state index in [1.807, 2.05) is 25.3 Å². The van der Waals surface area contributed by atoms with Crippen LogP contribution < -0.4 is 10.6 Å². The Morgan fingerprint density at radius 2 is 1.91 bits per heavy atom. The number of aliphatic hydroxyl groups excluding tert-OH is 1. The zero-order valence-corrected chi connectivity index (χ0v) is 20.7. The van der Waals surface area contributed by atoms with Gasteiger partial charge in [0.2, 0.25) is 5.95 Å². The summed E-state index contributed by atoms with van der Waals surface area (Å²) in [7, 11) is 0. The van der Waals surface area contributed by atoms with Crippen LogP contribution in [0.5, 0.6) is 0 Å². The molecular formula is C25H32ClN7O2. The number of aliphatic hydroxyl groups is 1. The second kappa shape index (κ2) is 10.9. The van der Waals surface area contributed by atoms with Gasteiger partial charge in [-0.25, -0.2) is 9.97 Å². The average molecular weight is 498 g/mol. The first-order valence-electron chi connectivity index (χ1n) is 12.4. The number of aromatic nitrogens is 4. The van der Waals surface area contributed by atoms with Gasteiger partial charge >= 0.3 is 0 Å². The van der Waals surface area contributed by atoms with E-state index in [0.29, 0.717) is 23.1 Å². The van der Waals surface area contributed by atoms with Gasteiger partial charge in [0.05, 0.1) is 11.8 Å². The standard InChI is InChI=1S/C25H32ClN7O2/c1-16-12-20(32-35-16)15-33-10-7-17(8-11-33)22-14-28-25(30-19-6-9-27-23(26)13-19)31-24(22)29-18-2-4-21(34)5-3-18/h6,9,12-14,17-18,21,34H,2-5,7-8,10-11,15H2,1H3,(H2,27,28,29,30,31)/t18-,21-. The number of anilines is 3. The summed E-state index contributed by atoms with van der Waals surface area (Å²) >= 11 is 6.04. The number of halogens is 1. The number of pyridine rings is 1. The Bertz CT molecular complexity index is 1120. The van der Waals surface area contributed by atoms with Crippen molar-refractivity contribution in [3.8, 4) is 0 Å². The Hall–Kier alpha value is -2.75. The first-order valence-corrected chi connectivity index (χ1v) is 12.7. The molecule has 0 aromatic carbocycles. The zero-order valence-electron chi connectivity index (χ0n) is 20.0. The number of nitrogens with one attached hydrogen (secondary N) is 2. The van der Waals surface area contributed by atoms with E-state index in [9.17, 15) is 5.11 Å². The molecule has 186 valence electrons. The molecule has 1 aliphatic carbocycles. The minimum absolute atomic E-state index is 0.190. The summed E-state index contributed by atoms with van der Waals surface area (Å²) in [5.74, 6) is 2.63. The molecule has 3 aromatic heterocycles. The molecule has 35 heavy (non-hydrogen) atoms. The molecule has 1 saturated carbocycles. The first-order chi connectivity index (χ1) is 17.0. The highest BCUT2D eigenvalue weighted by atomic mass is 35.5. The van der Waals surface area contributed by atoms with Crippen LogP contribution in [0.2, 0.25) is 5.15 Å². The van der Waals surface area contributed by atoms with Crippen molar-refractivity contribution >= 4 is 29.1 Å². The summed E-state index contributed by atoms with van der Waals surface area (Å²) in [6.07, 6.45) is 8.99. The largest absolute Gasteiger partial charge is 0.393 e. The molecule has 3 N–H and O–H groups in total. The van der Waals surface area contributed by atoms with E-state index in [1.54, 1.807) is 12.3 Å². The summed E-state index contributed by atoms with van der Waals surface area (Å²) in [5.41, 5.74) is 2.94. The first kappa shape index (κ1) is 24.0. The van der Waals surface area contributed by atoms with Crippen LogP contribution in [0.4, 0.5) is 17.5 Å². The van der Waals surface area contributed by atoms with Crippen LogP contribution in [0.25, 0.3) is 0 Å². The molecule has 3 aromatic rings. The van der Waals surface area contributed by atoms with Gasteiger partial charge < -0.3 is 20.3 Å². The van der Waals surface area contributed by atoms with Crippen molar-refractivity contribution in [2.75, 3.05) is 23.7 Å². The topological polar surface area (TPSA) is 112 Å². The number of aryl methyl sites for hydroxylation is 1. The van der Waals surface area contributed by atoms with Gasteiger partial charge in [-0.1, -0.05) is 16.8 Å². The van der Waals surface area contributed by atoms with E-state index in [1.165, 1.54) is 0 Å². The second-order valence-electron chi connectivity index (χ2n) is 9.62. The predicted octanol–water partition coefficient (Wildman–Crippen LogP) is 4.66. The van der Waals surface area contributed by atoms with Crippen molar-refractivity contribution < 1.29 is 9.63 Å². The highest BCUT2D eigenvalue weighted by molar-refractivity contribution is 6.29. The van der Waals surface area contributed by atoms with Gasteiger partial charge in [0.1, 0.15) is 16.7 Å². The maximum atomic E-state index is 9.92. The van der Waals surface area contributed by atoms with E-state index < -0.39 is 0 Å². The van der Waals surface area contributed by atoms with Crippen molar-refractivity contribution in [2.24, 2.45) is 0 Å². The zero-order chi connectivity index (χ0) is 24.2. The quantitative estimate of drug-likeness (QED) is 0.401. The number of piperidine rings is 1. The lowest BCUT2D eigenvalue weighted by Gasteiger charge is -2.33. The highest BCUT2D eigenvalue weighted by Crippen LogP contribution is 2.34. The fraction of sp³-hybridized carbons (Fsp3) is 0.520. The van der Waals surface area contributed by atoms with Gasteiger partial charge in [0.15, 0.2) is 0 Å². The van der Waals surface area contributed by atoms with Gasteiger partial charge in [0, 0.05) is 42.3 Å². The third-order valence-electron chi connectivity index (χ3n) is 6.93. The Balaban J connectivity index is 1.30. The van der Waals surface area contributed by atoms with Crippen molar-refractivity contribution in [3.63, 3.8) is 0 Å². The minimum atomic E-state index is -0.190. The van der Waals surface area contributed by atoms with E-state index >= 15 is 0 Å². The molecule has 5 rings (SSSR count). The van der Waals surface area contributed by atoms with Gasteiger partial charge in [-0.05, 0) is 76.6 Å². The molecule has 1 aliphatic heterocycles. The fourth-order valence-corrected chi connectivity index (χ4v) is 5.19. The Labute approximate surface area is 210 Å². The maximum Gasteiger partial charge on any atom is 0.229 e. The molecule has 2 fully saturated rings. The van der Waals surface area contributed by atoms with Crippen LogP contribution in [0.1, 0.15) is 61.5 Å². The second-order valence-corrected chi connectivity index (χ2v) is 10.0. The van der Waals surface area contributed by atoms with Crippen LogP contribution in [0.15, 0.2) is 35.1 Å². The van der Waals surface area contributed by atoms with Crippen molar-refractivity contribution in [3.05, 3.63) is 52.8 Å². The average Bonchev–Trinajstić information content (AvgIpc) is 3.26. The van der Waals surface area contributed by atoms with Crippen molar-refractivity contribution in [2.45, 2.75) is 70.1 Å². The molecule has 2 aliphatic rings. The smallest absolute Gasteiger partial charge is 0.229 e. The van der Waals surface area contributed by atoms with Crippen LogP contribution in [0.3, 0.4) is 0 Å². The molecule has 0 spiro atoms. The summed E-state index contributed by atoms with van der Waals surface area (Å²) in [5, 5.41) is 21.4. The van der Waals surface area contributed by atoms with Gasteiger partial charge in [-0.2, -0.15) is 4.98 Å². The fourth-order valence-electron chi connectivity index (χ4n) is 5.01. The van der Waals surface area contributed by atoms with E-state index in [-0.39, 0.29) is 6.10 Å². The normalized spacial score (nSPS) is 21.7. The molecule has 0 amide bonds.